The Labute approximate surface area is 157 Å². The molecule has 1 aromatic carbocycles. The van der Waals surface area contributed by atoms with Gasteiger partial charge in [0.2, 0.25) is 5.91 Å². The van der Waals surface area contributed by atoms with Crippen molar-refractivity contribution >= 4 is 33.0 Å². The number of thiophene rings is 1. The SMILES string of the molecule is CCCOc1cccc(NC(=O)C2CCCN2S(=O)(=O)c2cccs2)c1. The second-order valence-electron chi connectivity index (χ2n) is 6.07. The predicted molar refractivity (Wildman–Crippen MR) is 102 cm³/mol. The number of benzene rings is 1. The highest BCUT2D eigenvalue weighted by Gasteiger charge is 2.39. The van der Waals surface area contributed by atoms with E-state index < -0.39 is 16.1 Å². The lowest BCUT2D eigenvalue weighted by Crippen LogP contribution is -2.42. The van der Waals surface area contributed by atoms with Crippen LogP contribution in [0.25, 0.3) is 0 Å². The molecule has 1 N–H and O–H groups in total. The van der Waals surface area contributed by atoms with Crippen LogP contribution in [0.15, 0.2) is 46.0 Å². The van der Waals surface area contributed by atoms with E-state index in [9.17, 15) is 13.2 Å². The first-order chi connectivity index (χ1) is 12.5. The Morgan fingerprint density at radius 2 is 2.19 bits per heavy atom. The summed E-state index contributed by atoms with van der Waals surface area (Å²) in [5.74, 6) is 0.370. The van der Waals surface area contributed by atoms with Gasteiger partial charge in [0.1, 0.15) is 16.0 Å². The Morgan fingerprint density at radius 3 is 2.92 bits per heavy atom. The summed E-state index contributed by atoms with van der Waals surface area (Å²) >= 11 is 1.17. The second kappa shape index (κ2) is 8.20. The molecule has 3 rings (SSSR count). The zero-order chi connectivity index (χ0) is 18.6. The van der Waals surface area contributed by atoms with Crippen molar-refractivity contribution in [2.24, 2.45) is 0 Å². The molecule has 1 fully saturated rings. The zero-order valence-corrected chi connectivity index (χ0v) is 16.2. The first-order valence-electron chi connectivity index (χ1n) is 8.61. The van der Waals surface area contributed by atoms with Crippen molar-refractivity contribution in [3.8, 4) is 5.75 Å². The third-order valence-electron chi connectivity index (χ3n) is 4.14. The maximum atomic E-state index is 12.8. The fraction of sp³-hybridized carbons (Fsp3) is 0.389. The van der Waals surface area contributed by atoms with E-state index in [-0.39, 0.29) is 10.1 Å². The lowest BCUT2D eigenvalue weighted by Gasteiger charge is -2.22. The molecule has 1 aliphatic heterocycles. The summed E-state index contributed by atoms with van der Waals surface area (Å²) in [6.07, 6.45) is 2.08. The quantitative estimate of drug-likeness (QED) is 0.782. The molecule has 2 heterocycles. The third kappa shape index (κ3) is 4.08. The standard InChI is InChI=1S/C18H22N2O4S2/c1-2-11-24-15-7-3-6-14(13-15)19-18(21)16-8-4-10-20(16)26(22,23)17-9-5-12-25-17/h3,5-7,9,12-13,16H,2,4,8,10-11H2,1H3,(H,19,21). The molecule has 1 unspecified atom stereocenters. The van der Waals surface area contributed by atoms with Gasteiger partial charge in [-0.15, -0.1) is 11.3 Å². The topological polar surface area (TPSA) is 75.7 Å². The molecule has 6 nitrogen and oxygen atoms in total. The van der Waals surface area contributed by atoms with Gasteiger partial charge in [0.05, 0.1) is 6.61 Å². The molecule has 1 aliphatic rings. The third-order valence-corrected chi connectivity index (χ3v) is 7.42. The molecule has 0 spiro atoms. The van der Waals surface area contributed by atoms with Gasteiger partial charge in [0, 0.05) is 18.3 Å². The van der Waals surface area contributed by atoms with E-state index in [4.69, 9.17) is 4.74 Å². The van der Waals surface area contributed by atoms with Gasteiger partial charge in [0.25, 0.3) is 10.0 Å². The number of ether oxygens (including phenoxy) is 1. The van der Waals surface area contributed by atoms with Crippen LogP contribution in [-0.4, -0.2) is 37.8 Å². The number of carbonyl (C=O) groups excluding carboxylic acids is 1. The minimum Gasteiger partial charge on any atom is -0.494 e. The van der Waals surface area contributed by atoms with E-state index in [0.29, 0.717) is 37.4 Å². The smallest absolute Gasteiger partial charge is 0.253 e. The van der Waals surface area contributed by atoms with Crippen LogP contribution in [0.1, 0.15) is 26.2 Å². The number of rotatable bonds is 7. The van der Waals surface area contributed by atoms with Gasteiger partial charge in [-0.05, 0) is 42.8 Å². The monoisotopic (exact) mass is 394 g/mol. The summed E-state index contributed by atoms with van der Waals surface area (Å²) < 4.78 is 32.7. The molecule has 0 radical (unpaired) electrons. The van der Waals surface area contributed by atoms with Crippen molar-refractivity contribution in [1.82, 2.24) is 4.31 Å². The van der Waals surface area contributed by atoms with Gasteiger partial charge in [0.15, 0.2) is 0 Å². The van der Waals surface area contributed by atoms with Crippen molar-refractivity contribution in [2.75, 3.05) is 18.5 Å². The molecular weight excluding hydrogens is 372 g/mol. The maximum Gasteiger partial charge on any atom is 0.253 e. The van der Waals surface area contributed by atoms with Crippen LogP contribution in [0.3, 0.4) is 0 Å². The first kappa shape index (κ1) is 18.9. The predicted octanol–water partition coefficient (Wildman–Crippen LogP) is 3.33. The van der Waals surface area contributed by atoms with Crippen molar-refractivity contribution in [2.45, 2.75) is 36.4 Å². The number of hydrogen-bond acceptors (Lipinski definition) is 5. The minimum atomic E-state index is -3.64. The van der Waals surface area contributed by atoms with Crippen molar-refractivity contribution in [3.05, 3.63) is 41.8 Å². The van der Waals surface area contributed by atoms with Gasteiger partial charge < -0.3 is 10.1 Å². The Kier molecular flexibility index (Phi) is 5.95. The first-order valence-corrected chi connectivity index (χ1v) is 10.9. The number of sulfonamides is 1. The number of amides is 1. The summed E-state index contributed by atoms with van der Waals surface area (Å²) in [5, 5.41) is 4.55. The van der Waals surface area contributed by atoms with Crippen LogP contribution < -0.4 is 10.1 Å². The molecular formula is C18H22N2O4S2. The summed E-state index contributed by atoms with van der Waals surface area (Å²) in [7, 11) is -3.64. The van der Waals surface area contributed by atoms with E-state index in [2.05, 4.69) is 5.32 Å². The summed E-state index contributed by atoms with van der Waals surface area (Å²) in [6.45, 7) is 2.99. The van der Waals surface area contributed by atoms with Crippen LogP contribution in [0.2, 0.25) is 0 Å². The summed E-state index contributed by atoms with van der Waals surface area (Å²) in [4.78, 5) is 12.7. The van der Waals surface area contributed by atoms with E-state index in [0.717, 1.165) is 6.42 Å². The molecule has 1 aromatic heterocycles. The lowest BCUT2D eigenvalue weighted by atomic mass is 10.2. The molecule has 0 aliphatic carbocycles. The highest BCUT2D eigenvalue weighted by molar-refractivity contribution is 7.91. The number of carbonyl (C=O) groups is 1. The molecule has 0 saturated carbocycles. The maximum absolute atomic E-state index is 12.8. The Morgan fingerprint density at radius 1 is 1.35 bits per heavy atom. The number of nitrogens with one attached hydrogen (secondary N) is 1. The Bertz CT molecular complexity index is 850. The summed E-state index contributed by atoms with van der Waals surface area (Å²) in [5.41, 5.74) is 0.601. The molecule has 1 amide bonds. The average molecular weight is 395 g/mol. The van der Waals surface area contributed by atoms with Crippen LogP contribution in [-0.2, 0) is 14.8 Å². The number of nitrogens with zero attached hydrogens (tertiary/aromatic N) is 1. The molecule has 1 saturated heterocycles. The van der Waals surface area contributed by atoms with Gasteiger partial charge in [-0.25, -0.2) is 8.42 Å². The molecule has 1 atom stereocenters. The van der Waals surface area contributed by atoms with E-state index in [1.807, 2.05) is 13.0 Å². The molecule has 26 heavy (non-hydrogen) atoms. The van der Waals surface area contributed by atoms with Gasteiger partial charge in [-0.2, -0.15) is 4.31 Å². The zero-order valence-electron chi connectivity index (χ0n) is 14.6. The van der Waals surface area contributed by atoms with E-state index >= 15 is 0 Å². The van der Waals surface area contributed by atoms with Crippen molar-refractivity contribution in [3.63, 3.8) is 0 Å². The van der Waals surface area contributed by atoms with Crippen molar-refractivity contribution in [1.29, 1.82) is 0 Å². The average Bonchev–Trinajstić information content (AvgIpc) is 3.32. The number of anilines is 1. The largest absolute Gasteiger partial charge is 0.494 e. The van der Waals surface area contributed by atoms with Crippen LogP contribution in [0, 0.1) is 0 Å². The molecule has 0 bridgehead atoms. The van der Waals surface area contributed by atoms with E-state index in [1.54, 1.807) is 35.7 Å². The normalized spacial score (nSPS) is 18.0. The fourth-order valence-corrected chi connectivity index (χ4v) is 5.70. The number of hydrogen-bond donors (Lipinski definition) is 1. The second-order valence-corrected chi connectivity index (χ2v) is 9.14. The van der Waals surface area contributed by atoms with Gasteiger partial charge in [-0.3, -0.25) is 4.79 Å². The van der Waals surface area contributed by atoms with Crippen molar-refractivity contribution < 1.29 is 17.9 Å². The molecule has 140 valence electrons. The lowest BCUT2D eigenvalue weighted by molar-refractivity contribution is -0.119. The minimum absolute atomic E-state index is 0.271. The molecule has 2 aromatic rings. The summed E-state index contributed by atoms with van der Waals surface area (Å²) in [6, 6.07) is 9.72. The molecule has 8 heteroatoms. The van der Waals surface area contributed by atoms with Gasteiger partial charge in [-0.1, -0.05) is 19.1 Å². The highest BCUT2D eigenvalue weighted by Crippen LogP contribution is 2.29. The van der Waals surface area contributed by atoms with Crippen LogP contribution in [0.5, 0.6) is 5.75 Å². The Hall–Kier alpha value is -1.90. The van der Waals surface area contributed by atoms with Crippen LogP contribution >= 0.6 is 11.3 Å². The van der Waals surface area contributed by atoms with E-state index in [1.165, 1.54) is 15.6 Å². The Balaban J connectivity index is 1.73. The van der Waals surface area contributed by atoms with Crippen LogP contribution in [0.4, 0.5) is 5.69 Å². The van der Waals surface area contributed by atoms with Gasteiger partial charge >= 0.3 is 0 Å². The fourth-order valence-electron chi connectivity index (χ4n) is 2.92. The highest BCUT2D eigenvalue weighted by atomic mass is 32.2.